The Bertz CT molecular complexity index is 1140. The molecule has 3 N–H and O–H groups in total. The summed E-state index contributed by atoms with van der Waals surface area (Å²) in [6, 6.07) is 14.8. The number of H-pyrrole nitrogens is 1. The third-order valence-electron chi connectivity index (χ3n) is 4.53. The summed E-state index contributed by atoms with van der Waals surface area (Å²) in [6.45, 7) is 1.99. The van der Waals surface area contributed by atoms with E-state index >= 15 is 0 Å². The molecule has 2 aromatic carbocycles. The Hall–Kier alpha value is -3.68. The largest absolute Gasteiger partial charge is 0.383 e. The molecule has 0 saturated heterocycles. The fourth-order valence-electron chi connectivity index (χ4n) is 3.14. The second kappa shape index (κ2) is 8.55. The van der Waals surface area contributed by atoms with Crippen LogP contribution < -0.4 is 21.9 Å². The lowest BCUT2D eigenvalue weighted by atomic mass is 10.1. The zero-order valence-corrected chi connectivity index (χ0v) is 15.9. The number of likely N-dealkylation sites (N-methyl/N-ethyl adjacent to an activating group) is 1. The fourth-order valence-corrected chi connectivity index (χ4v) is 3.14. The summed E-state index contributed by atoms with van der Waals surface area (Å²) in [4.78, 5) is 41.0. The molecule has 0 atom stereocenters. The zero-order chi connectivity index (χ0) is 21.0. The number of halogens is 1. The number of carbonyl (C=O) groups excluding carboxylic acids is 1. The van der Waals surface area contributed by atoms with Gasteiger partial charge in [0.15, 0.2) is 5.69 Å². The highest BCUT2D eigenvalue weighted by Crippen LogP contribution is 2.19. The first-order chi connectivity index (χ1) is 13.9. The number of nitrogens with one attached hydrogen (secondary N) is 1. The molecule has 0 spiro atoms. The Labute approximate surface area is 166 Å². The smallest absolute Gasteiger partial charge is 0.330 e. The first-order valence-corrected chi connectivity index (χ1v) is 9.12. The lowest BCUT2D eigenvalue weighted by Crippen LogP contribution is -2.41. The fraction of sp³-hybridized carbons (Fsp3) is 0.190. The summed E-state index contributed by atoms with van der Waals surface area (Å²) >= 11 is 0. The molecule has 0 fully saturated rings. The number of benzene rings is 2. The monoisotopic (exact) mass is 396 g/mol. The van der Waals surface area contributed by atoms with Crippen molar-refractivity contribution in [1.82, 2.24) is 9.55 Å². The molecule has 1 aromatic heterocycles. The predicted octanol–water partition coefficient (Wildman–Crippen LogP) is 1.90. The lowest BCUT2D eigenvalue weighted by Gasteiger charge is -2.23. The highest BCUT2D eigenvalue weighted by Gasteiger charge is 2.23. The first kappa shape index (κ1) is 20.1. The highest BCUT2D eigenvalue weighted by atomic mass is 19.1. The van der Waals surface area contributed by atoms with Crippen LogP contribution in [-0.4, -0.2) is 22.0 Å². The Morgan fingerprint density at radius 1 is 1.10 bits per heavy atom. The van der Waals surface area contributed by atoms with Gasteiger partial charge in [0.25, 0.3) is 5.56 Å². The van der Waals surface area contributed by atoms with Crippen molar-refractivity contribution in [3.63, 3.8) is 0 Å². The zero-order valence-electron chi connectivity index (χ0n) is 15.9. The van der Waals surface area contributed by atoms with E-state index in [-0.39, 0.29) is 31.0 Å². The van der Waals surface area contributed by atoms with Crippen LogP contribution in [0.15, 0.2) is 64.2 Å². The van der Waals surface area contributed by atoms with Crippen molar-refractivity contribution in [2.45, 2.75) is 19.9 Å². The lowest BCUT2D eigenvalue weighted by molar-refractivity contribution is -0.117. The number of anilines is 2. The number of aromatic amines is 1. The molecular weight excluding hydrogens is 375 g/mol. The number of hydrogen-bond acceptors (Lipinski definition) is 4. The minimum absolute atomic E-state index is 0.0931. The molecule has 1 amide bonds. The second-order valence-electron chi connectivity index (χ2n) is 6.51. The molecule has 0 aliphatic rings. The summed E-state index contributed by atoms with van der Waals surface area (Å²) in [5.41, 5.74) is 5.94. The molecule has 0 aliphatic carbocycles. The van der Waals surface area contributed by atoms with Gasteiger partial charge in [-0.15, -0.1) is 0 Å². The van der Waals surface area contributed by atoms with Crippen molar-refractivity contribution in [1.29, 1.82) is 0 Å². The predicted molar refractivity (Wildman–Crippen MR) is 109 cm³/mol. The summed E-state index contributed by atoms with van der Waals surface area (Å²) in [5.74, 6) is -0.982. The van der Waals surface area contributed by atoms with Crippen molar-refractivity contribution < 1.29 is 9.18 Å². The quantitative estimate of drug-likeness (QED) is 0.664. The number of rotatable bonds is 6. The number of carbonyl (C=O) groups is 1. The van der Waals surface area contributed by atoms with Gasteiger partial charge in [0.1, 0.15) is 11.6 Å². The van der Waals surface area contributed by atoms with Gasteiger partial charge >= 0.3 is 5.69 Å². The summed E-state index contributed by atoms with van der Waals surface area (Å²) < 4.78 is 14.6. The van der Waals surface area contributed by atoms with Crippen LogP contribution in [0.1, 0.15) is 18.1 Å². The van der Waals surface area contributed by atoms with E-state index in [1.54, 1.807) is 13.0 Å². The van der Waals surface area contributed by atoms with Crippen LogP contribution >= 0.6 is 0 Å². The normalized spacial score (nSPS) is 10.7. The van der Waals surface area contributed by atoms with Gasteiger partial charge in [0.2, 0.25) is 5.91 Å². The van der Waals surface area contributed by atoms with Crippen LogP contribution in [-0.2, 0) is 17.8 Å². The minimum atomic E-state index is -0.744. The van der Waals surface area contributed by atoms with Crippen LogP contribution in [0.5, 0.6) is 0 Å². The molecule has 0 aliphatic heterocycles. The summed E-state index contributed by atoms with van der Waals surface area (Å²) in [7, 11) is 0. The molecular formula is C21H21FN4O3. The van der Waals surface area contributed by atoms with E-state index < -0.39 is 23.0 Å². The van der Waals surface area contributed by atoms with E-state index in [9.17, 15) is 18.8 Å². The van der Waals surface area contributed by atoms with Gasteiger partial charge < -0.3 is 10.6 Å². The van der Waals surface area contributed by atoms with E-state index in [4.69, 9.17) is 5.73 Å². The van der Waals surface area contributed by atoms with Gasteiger partial charge in [-0.2, -0.15) is 0 Å². The first-order valence-electron chi connectivity index (χ1n) is 9.12. The van der Waals surface area contributed by atoms with E-state index in [2.05, 4.69) is 4.98 Å². The average molecular weight is 396 g/mol. The molecule has 0 bridgehead atoms. The maximum Gasteiger partial charge on any atom is 0.330 e. The maximum absolute atomic E-state index is 13.4. The number of nitrogen functional groups attached to an aromatic ring is 1. The van der Waals surface area contributed by atoms with Gasteiger partial charge in [0.05, 0.1) is 13.0 Å². The SMILES string of the molecule is CCN(C(=O)Cc1cccc(F)c1)c1c(N)n(Cc2ccccc2)c(=O)[nH]c1=O. The summed E-state index contributed by atoms with van der Waals surface area (Å²) in [5, 5.41) is 0. The molecule has 0 unspecified atom stereocenters. The summed E-state index contributed by atoms with van der Waals surface area (Å²) in [6.07, 6.45) is -0.109. The average Bonchev–Trinajstić information content (AvgIpc) is 2.69. The minimum Gasteiger partial charge on any atom is -0.383 e. The molecule has 29 heavy (non-hydrogen) atoms. The van der Waals surface area contributed by atoms with Gasteiger partial charge in [-0.25, -0.2) is 9.18 Å². The molecule has 8 heteroatoms. The van der Waals surface area contributed by atoms with E-state index in [0.29, 0.717) is 5.56 Å². The number of amides is 1. The molecule has 0 saturated carbocycles. The molecule has 1 heterocycles. The Balaban J connectivity index is 1.99. The Kier molecular flexibility index (Phi) is 5.92. The molecule has 3 rings (SSSR count). The van der Waals surface area contributed by atoms with Crippen molar-refractivity contribution in [3.05, 3.63) is 92.4 Å². The topological polar surface area (TPSA) is 101 Å². The van der Waals surface area contributed by atoms with Crippen molar-refractivity contribution in [2.75, 3.05) is 17.2 Å². The molecule has 3 aromatic rings. The number of nitrogens with two attached hydrogens (primary N) is 1. The van der Waals surface area contributed by atoms with Crippen LogP contribution in [0.2, 0.25) is 0 Å². The second-order valence-corrected chi connectivity index (χ2v) is 6.51. The molecule has 0 radical (unpaired) electrons. The molecule has 150 valence electrons. The van der Waals surface area contributed by atoms with Crippen LogP contribution in [0.25, 0.3) is 0 Å². The van der Waals surface area contributed by atoms with E-state index in [1.165, 1.54) is 27.7 Å². The van der Waals surface area contributed by atoms with Crippen molar-refractivity contribution >= 4 is 17.4 Å². The highest BCUT2D eigenvalue weighted by molar-refractivity contribution is 5.96. The van der Waals surface area contributed by atoms with E-state index in [1.807, 2.05) is 30.3 Å². The van der Waals surface area contributed by atoms with E-state index in [0.717, 1.165) is 5.56 Å². The van der Waals surface area contributed by atoms with Crippen LogP contribution in [0, 0.1) is 5.82 Å². The van der Waals surface area contributed by atoms with Gasteiger partial charge in [-0.05, 0) is 30.2 Å². The molecule has 7 nitrogen and oxygen atoms in total. The Morgan fingerprint density at radius 2 is 1.79 bits per heavy atom. The number of aromatic nitrogens is 2. The third kappa shape index (κ3) is 4.43. The van der Waals surface area contributed by atoms with Gasteiger partial charge in [0, 0.05) is 6.54 Å². The van der Waals surface area contributed by atoms with Crippen LogP contribution in [0.4, 0.5) is 15.9 Å². The standard InChI is InChI=1S/C21H21FN4O3/c1-2-25(17(27)12-15-9-6-10-16(22)11-15)18-19(23)26(21(29)24-20(18)28)13-14-7-4-3-5-8-14/h3-11H,2,12-13,23H2,1H3,(H,24,28,29). The van der Waals surface area contributed by atoms with Crippen LogP contribution in [0.3, 0.4) is 0 Å². The number of hydrogen-bond donors (Lipinski definition) is 2. The van der Waals surface area contributed by atoms with Crippen molar-refractivity contribution in [3.8, 4) is 0 Å². The van der Waals surface area contributed by atoms with Gasteiger partial charge in [-0.1, -0.05) is 42.5 Å². The van der Waals surface area contributed by atoms with Crippen molar-refractivity contribution in [2.24, 2.45) is 0 Å². The maximum atomic E-state index is 13.4. The van der Waals surface area contributed by atoms with Gasteiger partial charge in [-0.3, -0.25) is 19.1 Å². The third-order valence-corrected chi connectivity index (χ3v) is 4.53. The Morgan fingerprint density at radius 3 is 2.45 bits per heavy atom. The number of nitrogens with zero attached hydrogens (tertiary/aromatic N) is 2.